The molecule has 0 bridgehead atoms. The van der Waals surface area contributed by atoms with Crippen LogP contribution in [0.2, 0.25) is 0 Å². The summed E-state index contributed by atoms with van der Waals surface area (Å²) >= 11 is 0. The van der Waals surface area contributed by atoms with Crippen molar-refractivity contribution in [1.82, 2.24) is 4.90 Å². The molecule has 1 aliphatic carbocycles. The summed E-state index contributed by atoms with van der Waals surface area (Å²) in [6, 6.07) is 9.84. The third-order valence-corrected chi connectivity index (χ3v) is 7.71. The molecule has 2 N–H and O–H groups in total. The number of nitrogens with one attached hydrogen (secondary N) is 1. The standard InChI is InChI=1S/C28H38N2O5/c1-18-9-10-19(2)22(14-18)29-25(31)17-30-13-12-28(32)11-7-6-8-21(28)26(30)20-15-23(33-3)27(35-5)24(16-20)34-4/h9-10,14-16,21,26,32H,6-8,11-13,17H2,1-5H3,(H,29,31)/t21-,26-,28+/m1/s1. The van der Waals surface area contributed by atoms with E-state index >= 15 is 0 Å². The molecular weight excluding hydrogens is 444 g/mol. The minimum Gasteiger partial charge on any atom is -0.493 e. The van der Waals surface area contributed by atoms with Crippen LogP contribution < -0.4 is 19.5 Å². The number of aliphatic hydroxyl groups is 1. The van der Waals surface area contributed by atoms with E-state index in [1.54, 1.807) is 21.3 Å². The molecular formula is C28H38N2O5. The topological polar surface area (TPSA) is 80.3 Å². The highest BCUT2D eigenvalue weighted by Gasteiger charge is 2.49. The zero-order valence-corrected chi connectivity index (χ0v) is 21.5. The summed E-state index contributed by atoms with van der Waals surface area (Å²) in [7, 11) is 4.80. The summed E-state index contributed by atoms with van der Waals surface area (Å²) in [6.07, 6.45) is 4.46. The molecule has 1 amide bonds. The van der Waals surface area contributed by atoms with Gasteiger partial charge in [-0.2, -0.15) is 0 Å². The summed E-state index contributed by atoms with van der Waals surface area (Å²) in [4.78, 5) is 15.4. The third-order valence-electron chi connectivity index (χ3n) is 7.71. The van der Waals surface area contributed by atoms with E-state index in [1.807, 2.05) is 44.2 Å². The van der Waals surface area contributed by atoms with E-state index in [2.05, 4.69) is 10.2 Å². The number of nitrogens with zero attached hydrogens (tertiary/aromatic N) is 1. The summed E-state index contributed by atoms with van der Waals surface area (Å²) in [5.41, 5.74) is 3.20. The molecule has 1 saturated carbocycles. The Hall–Kier alpha value is -2.77. The minimum atomic E-state index is -0.733. The Morgan fingerprint density at radius 3 is 2.43 bits per heavy atom. The molecule has 1 saturated heterocycles. The fourth-order valence-corrected chi connectivity index (χ4v) is 5.88. The van der Waals surface area contributed by atoms with Crippen LogP contribution in [0.15, 0.2) is 30.3 Å². The van der Waals surface area contributed by atoms with Gasteiger partial charge in [-0.1, -0.05) is 25.0 Å². The lowest BCUT2D eigenvalue weighted by atomic mass is 9.66. The summed E-state index contributed by atoms with van der Waals surface area (Å²) in [5.74, 6) is 1.64. The van der Waals surface area contributed by atoms with E-state index in [4.69, 9.17) is 14.2 Å². The Morgan fingerprint density at radius 1 is 1.06 bits per heavy atom. The molecule has 1 aliphatic heterocycles. The predicted molar refractivity (Wildman–Crippen MR) is 136 cm³/mol. The van der Waals surface area contributed by atoms with Gasteiger partial charge < -0.3 is 24.6 Å². The second-order valence-electron chi connectivity index (χ2n) is 9.95. The zero-order chi connectivity index (χ0) is 25.2. The van der Waals surface area contributed by atoms with E-state index in [0.717, 1.165) is 48.1 Å². The molecule has 7 nitrogen and oxygen atoms in total. The van der Waals surface area contributed by atoms with Crippen molar-refractivity contribution in [2.45, 2.75) is 57.6 Å². The number of methoxy groups -OCH3 is 3. The van der Waals surface area contributed by atoms with Gasteiger partial charge in [-0.25, -0.2) is 0 Å². The predicted octanol–water partition coefficient (Wildman–Crippen LogP) is 4.64. The van der Waals surface area contributed by atoms with E-state index in [0.29, 0.717) is 30.2 Å². The molecule has 2 aliphatic rings. The molecule has 4 rings (SSSR count). The highest BCUT2D eigenvalue weighted by molar-refractivity contribution is 5.93. The van der Waals surface area contributed by atoms with Gasteiger partial charge >= 0.3 is 0 Å². The van der Waals surface area contributed by atoms with Gasteiger partial charge in [0.1, 0.15) is 0 Å². The summed E-state index contributed by atoms with van der Waals surface area (Å²) in [5, 5.41) is 14.7. The molecule has 0 aromatic heterocycles. The zero-order valence-electron chi connectivity index (χ0n) is 21.5. The number of aryl methyl sites for hydroxylation is 2. The number of fused-ring (bicyclic) bond motifs is 1. The Kier molecular flexibility index (Phi) is 7.57. The van der Waals surface area contributed by atoms with Crippen LogP contribution >= 0.6 is 0 Å². The second-order valence-corrected chi connectivity index (χ2v) is 9.95. The lowest BCUT2D eigenvalue weighted by Crippen LogP contribution is -2.56. The van der Waals surface area contributed by atoms with Crippen LogP contribution in [0.3, 0.4) is 0 Å². The van der Waals surface area contributed by atoms with Gasteiger partial charge in [0.25, 0.3) is 0 Å². The number of likely N-dealkylation sites (tertiary alicyclic amines) is 1. The van der Waals surface area contributed by atoms with E-state index < -0.39 is 5.60 Å². The van der Waals surface area contributed by atoms with Gasteiger partial charge in [-0.15, -0.1) is 0 Å². The minimum absolute atomic E-state index is 0.0151. The molecule has 190 valence electrons. The van der Waals surface area contributed by atoms with Gasteiger partial charge in [0.05, 0.1) is 33.5 Å². The van der Waals surface area contributed by atoms with Crippen molar-refractivity contribution in [1.29, 1.82) is 0 Å². The molecule has 3 atom stereocenters. The highest BCUT2D eigenvalue weighted by Crippen LogP contribution is 2.51. The number of ether oxygens (including phenoxy) is 3. The van der Waals surface area contributed by atoms with Crippen LogP contribution in [0.1, 0.15) is 54.8 Å². The van der Waals surface area contributed by atoms with Crippen molar-refractivity contribution < 1.29 is 24.1 Å². The smallest absolute Gasteiger partial charge is 0.238 e. The van der Waals surface area contributed by atoms with Crippen molar-refractivity contribution in [3.05, 3.63) is 47.0 Å². The maximum Gasteiger partial charge on any atom is 0.238 e. The fraction of sp³-hybridized carbons (Fsp3) is 0.536. The first-order chi connectivity index (χ1) is 16.8. The number of hydrogen-bond acceptors (Lipinski definition) is 6. The largest absolute Gasteiger partial charge is 0.493 e. The Morgan fingerprint density at radius 2 is 1.77 bits per heavy atom. The van der Waals surface area contributed by atoms with Crippen molar-refractivity contribution in [3.63, 3.8) is 0 Å². The summed E-state index contributed by atoms with van der Waals surface area (Å²) in [6.45, 7) is 4.89. The van der Waals surface area contributed by atoms with Crippen molar-refractivity contribution >= 4 is 11.6 Å². The van der Waals surface area contributed by atoms with E-state index in [-0.39, 0.29) is 24.4 Å². The number of piperidine rings is 1. The Labute approximate surface area is 208 Å². The quantitative estimate of drug-likeness (QED) is 0.599. The van der Waals surface area contributed by atoms with Gasteiger partial charge in [0.2, 0.25) is 11.7 Å². The second kappa shape index (κ2) is 10.5. The van der Waals surface area contributed by atoms with Gasteiger partial charge in [0.15, 0.2) is 11.5 Å². The molecule has 2 fully saturated rings. The lowest BCUT2D eigenvalue weighted by molar-refractivity contribution is -0.135. The number of hydrogen-bond donors (Lipinski definition) is 2. The average Bonchev–Trinajstić information content (AvgIpc) is 2.85. The van der Waals surface area contributed by atoms with Gasteiger partial charge in [-0.3, -0.25) is 9.69 Å². The van der Waals surface area contributed by atoms with Gasteiger partial charge in [-0.05, 0) is 68.0 Å². The fourth-order valence-electron chi connectivity index (χ4n) is 5.88. The van der Waals surface area contributed by atoms with Crippen LogP contribution in [0.5, 0.6) is 17.2 Å². The van der Waals surface area contributed by atoms with Crippen molar-refractivity contribution in [2.24, 2.45) is 5.92 Å². The normalized spacial score (nSPS) is 24.4. The molecule has 2 aromatic rings. The SMILES string of the molecule is COc1cc([C@@H]2[C@H]3CCCC[C@]3(O)CCN2CC(=O)Nc2cc(C)ccc2C)cc(OC)c1OC. The van der Waals surface area contributed by atoms with E-state index in [1.165, 1.54) is 0 Å². The number of benzene rings is 2. The number of carbonyl (C=O) groups excluding carboxylic acids is 1. The molecule has 35 heavy (non-hydrogen) atoms. The van der Waals surface area contributed by atoms with Crippen LogP contribution in [-0.4, -0.2) is 55.9 Å². The first kappa shape index (κ1) is 25.3. The maximum atomic E-state index is 13.2. The number of amides is 1. The van der Waals surface area contributed by atoms with Crippen LogP contribution in [0.4, 0.5) is 5.69 Å². The maximum absolute atomic E-state index is 13.2. The van der Waals surface area contributed by atoms with Crippen molar-refractivity contribution in [3.8, 4) is 17.2 Å². The third kappa shape index (κ3) is 5.11. The highest BCUT2D eigenvalue weighted by atomic mass is 16.5. The van der Waals surface area contributed by atoms with Crippen LogP contribution in [0, 0.1) is 19.8 Å². The molecule has 0 spiro atoms. The average molecular weight is 483 g/mol. The first-order valence-corrected chi connectivity index (χ1v) is 12.4. The Bertz CT molecular complexity index is 1050. The molecule has 0 unspecified atom stereocenters. The van der Waals surface area contributed by atoms with Crippen LogP contribution in [-0.2, 0) is 4.79 Å². The molecule has 2 aromatic carbocycles. The first-order valence-electron chi connectivity index (χ1n) is 12.4. The van der Waals surface area contributed by atoms with Gasteiger partial charge in [0, 0.05) is 24.2 Å². The van der Waals surface area contributed by atoms with E-state index in [9.17, 15) is 9.90 Å². The summed E-state index contributed by atoms with van der Waals surface area (Å²) < 4.78 is 16.8. The van der Waals surface area contributed by atoms with Crippen LogP contribution in [0.25, 0.3) is 0 Å². The molecule has 0 radical (unpaired) electrons. The Balaban J connectivity index is 1.68. The molecule has 1 heterocycles. The molecule has 7 heteroatoms. The number of rotatable bonds is 7. The number of anilines is 1. The monoisotopic (exact) mass is 482 g/mol. The lowest BCUT2D eigenvalue weighted by Gasteiger charge is -2.52. The van der Waals surface area contributed by atoms with Crippen molar-refractivity contribution in [2.75, 3.05) is 39.7 Å². The number of carbonyl (C=O) groups is 1.